The Bertz CT molecular complexity index is 415. The van der Waals surface area contributed by atoms with Crippen LogP contribution in [-0.2, 0) is 0 Å². The van der Waals surface area contributed by atoms with E-state index in [0.29, 0.717) is 35.4 Å². The number of hydrogen-bond acceptors (Lipinski definition) is 4. The predicted molar refractivity (Wildman–Crippen MR) is 66.9 cm³/mol. The molecule has 0 atom stereocenters. The maximum atomic E-state index is 6.04. The second-order valence-electron chi connectivity index (χ2n) is 3.07. The number of benzene rings is 1. The summed E-state index contributed by atoms with van der Waals surface area (Å²) in [5, 5.41) is 0.381. The van der Waals surface area contributed by atoms with Gasteiger partial charge in [-0.25, -0.2) is 0 Å². The van der Waals surface area contributed by atoms with Crippen LogP contribution in [0.4, 0.5) is 0 Å². The lowest BCUT2D eigenvalue weighted by Gasteiger charge is -2.13. The number of hydrogen-bond donors (Lipinski definition) is 1. The summed E-state index contributed by atoms with van der Waals surface area (Å²) in [5.74, 6) is 3.82. The first-order valence-corrected chi connectivity index (χ1v) is 5.37. The minimum absolute atomic E-state index is 0.124. The second-order valence-corrected chi connectivity index (χ2v) is 3.47. The summed E-state index contributed by atoms with van der Waals surface area (Å²) < 4.78 is 15.8. The maximum Gasteiger partial charge on any atom is 0.181 e. The Kier molecular flexibility index (Phi) is 5.47. The van der Waals surface area contributed by atoms with E-state index in [1.807, 2.05) is 0 Å². The third-order valence-corrected chi connectivity index (χ3v) is 2.17. The van der Waals surface area contributed by atoms with Crippen LogP contribution >= 0.6 is 11.6 Å². The monoisotopic (exact) mass is 255 g/mol. The van der Waals surface area contributed by atoms with Crippen molar-refractivity contribution in [2.45, 2.75) is 0 Å². The highest BCUT2D eigenvalue weighted by Gasteiger charge is 2.12. The first-order chi connectivity index (χ1) is 8.22. The Morgan fingerprint density at radius 1 is 1.41 bits per heavy atom. The zero-order valence-corrected chi connectivity index (χ0v) is 10.3. The van der Waals surface area contributed by atoms with Crippen molar-refractivity contribution in [1.29, 1.82) is 0 Å². The topological polar surface area (TPSA) is 53.7 Å². The Balaban J connectivity index is 2.95. The van der Waals surface area contributed by atoms with Gasteiger partial charge in [-0.2, -0.15) is 0 Å². The third kappa shape index (κ3) is 3.74. The SMILES string of the molecule is C#CCOc1c(Cl)cc(OCCN)cc1OC. The summed E-state index contributed by atoms with van der Waals surface area (Å²) in [6.07, 6.45) is 5.12. The van der Waals surface area contributed by atoms with Gasteiger partial charge in [0.25, 0.3) is 0 Å². The van der Waals surface area contributed by atoms with E-state index in [4.69, 9.17) is 38.0 Å². The highest BCUT2D eigenvalue weighted by atomic mass is 35.5. The number of halogens is 1. The van der Waals surface area contributed by atoms with Crippen molar-refractivity contribution in [3.05, 3.63) is 17.2 Å². The molecule has 0 aliphatic rings. The van der Waals surface area contributed by atoms with Gasteiger partial charge >= 0.3 is 0 Å². The van der Waals surface area contributed by atoms with Crippen LogP contribution in [0.1, 0.15) is 0 Å². The van der Waals surface area contributed by atoms with Gasteiger partial charge in [0, 0.05) is 18.7 Å². The van der Waals surface area contributed by atoms with Crippen LogP contribution in [0.3, 0.4) is 0 Å². The van der Waals surface area contributed by atoms with Gasteiger partial charge in [0.2, 0.25) is 0 Å². The van der Waals surface area contributed by atoms with Crippen LogP contribution in [0.5, 0.6) is 17.2 Å². The van der Waals surface area contributed by atoms with E-state index < -0.39 is 0 Å². The number of ether oxygens (including phenoxy) is 3. The molecule has 0 heterocycles. The molecular formula is C12H14ClNO3. The number of nitrogens with two attached hydrogens (primary N) is 1. The lowest BCUT2D eigenvalue weighted by Crippen LogP contribution is -2.10. The van der Waals surface area contributed by atoms with Crippen LogP contribution in [0.25, 0.3) is 0 Å². The van der Waals surface area contributed by atoms with E-state index in [-0.39, 0.29) is 6.61 Å². The molecule has 0 fully saturated rings. The largest absolute Gasteiger partial charge is 0.493 e. The molecule has 0 saturated heterocycles. The highest BCUT2D eigenvalue weighted by molar-refractivity contribution is 6.32. The highest BCUT2D eigenvalue weighted by Crippen LogP contribution is 2.38. The number of methoxy groups -OCH3 is 1. The Morgan fingerprint density at radius 2 is 2.18 bits per heavy atom. The van der Waals surface area contributed by atoms with Gasteiger partial charge in [-0.3, -0.25) is 0 Å². The minimum Gasteiger partial charge on any atom is -0.493 e. The maximum absolute atomic E-state index is 6.04. The molecule has 0 unspecified atom stereocenters. The molecule has 0 saturated carbocycles. The minimum atomic E-state index is 0.124. The molecule has 4 nitrogen and oxygen atoms in total. The zero-order chi connectivity index (χ0) is 12.7. The van der Waals surface area contributed by atoms with Gasteiger partial charge in [-0.05, 0) is 0 Å². The second kappa shape index (κ2) is 6.89. The molecule has 2 N–H and O–H groups in total. The first-order valence-electron chi connectivity index (χ1n) is 4.99. The summed E-state index contributed by atoms with van der Waals surface area (Å²) in [7, 11) is 1.51. The van der Waals surface area contributed by atoms with E-state index >= 15 is 0 Å². The van der Waals surface area contributed by atoms with Crippen LogP contribution in [-0.4, -0.2) is 26.9 Å². The van der Waals surface area contributed by atoms with E-state index in [1.54, 1.807) is 12.1 Å². The molecule has 0 aliphatic carbocycles. The fraction of sp³-hybridized carbons (Fsp3) is 0.333. The summed E-state index contributed by atoms with van der Waals surface area (Å²) in [6, 6.07) is 3.30. The molecule has 1 aromatic carbocycles. The van der Waals surface area contributed by atoms with Crippen molar-refractivity contribution >= 4 is 11.6 Å². The quantitative estimate of drug-likeness (QED) is 0.786. The average molecular weight is 256 g/mol. The van der Waals surface area contributed by atoms with Crippen LogP contribution < -0.4 is 19.9 Å². The summed E-state index contributed by atoms with van der Waals surface area (Å²) in [6.45, 7) is 0.957. The van der Waals surface area contributed by atoms with E-state index in [9.17, 15) is 0 Å². The summed E-state index contributed by atoms with van der Waals surface area (Å²) >= 11 is 6.04. The van der Waals surface area contributed by atoms with Gasteiger partial charge in [0.05, 0.1) is 12.1 Å². The fourth-order valence-corrected chi connectivity index (χ4v) is 1.47. The molecule has 0 spiro atoms. The molecule has 0 radical (unpaired) electrons. The molecule has 1 aromatic rings. The van der Waals surface area contributed by atoms with Crippen molar-refractivity contribution in [2.24, 2.45) is 5.73 Å². The van der Waals surface area contributed by atoms with Crippen LogP contribution in [0, 0.1) is 12.3 Å². The molecule has 5 heteroatoms. The van der Waals surface area contributed by atoms with Gasteiger partial charge in [0.15, 0.2) is 11.5 Å². The van der Waals surface area contributed by atoms with Crippen molar-refractivity contribution in [3.63, 3.8) is 0 Å². The Morgan fingerprint density at radius 3 is 2.76 bits per heavy atom. The molecular weight excluding hydrogens is 242 g/mol. The Labute approximate surface area is 106 Å². The third-order valence-electron chi connectivity index (χ3n) is 1.89. The molecule has 0 aliphatic heterocycles. The summed E-state index contributed by atoms with van der Waals surface area (Å²) in [5.41, 5.74) is 5.34. The lowest BCUT2D eigenvalue weighted by atomic mass is 10.3. The van der Waals surface area contributed by atoms with Gasteiger partial charge in [-0.15, -0.1) is 6.42 Å². The van der Waals surface area contributed by atoms with Crippen LogP contribution in [0.15, 0.2) is 12.1 Å². The van der Waals surface area contributed by atoms with Crippen molar-refractivity contribution in [2.75, 3.05) is 26.9 Å². The van der Waals surface area contributed by atoms with E-state index in [0.717, 1.165) is 0 Å². The average Bonchev–Trinajstić information content (AvgIpc) is 2.34. The predicted octanol–water partition coefficient (Wildman–Crippen LogP) is 1.70. The van der Waals surface area contributed by atoms with Gasteiger partial charge in [-0.1, -0.05) is 17.5 Å². The number of rotatable bonds is 6. The number of terminal acetylenes is 1. The first kappa shape index (κ1) is 13.5. The van der Waals surface area contributed by atoms with Crippen molar-refractivity contribution in [1.82, 2.24) is 0 Å². The van der Waals surface area contributed by atoms with Crippen molar-refractivity contribution in [3.8, 4) is 29.6 Å². The normalized spacial score (nSPS) is 9.53. The molecule has 92 valence electrons. The standard InChI is InChI=1S/C12H14ClNO3/c1-3-5-17-12-10(13)7-9(16-6-4-14)8-11(12)15-2/h1,7-8H,4-6,14H2,2H3. The van der Waals surface area contributed by atoms with Crippen molar-refractivity contribution < 1.29 is 14.2 Å². The molecule has 17 heavy (non-hydrogen) atoms. The molecule has 0 bridgehead atoms. The fourth-order valence-electron chi connectivity index (χ4n) is 1.21. The summed E-state index contributed by atoms with van der Waals surface area (Å²) in [4.78, 5) is 0. The van der Waals surface area contributed by atoms with Crippen LogP contribution in [0.2, 0.25) is 5.02 Å². The Hall–Kier alpha value is -1.57. The van der Waals surface area contributed by atoms with Gasteiger partial charge < -0.3 is 19.9 Å². The van der Waals surface area contributed by atoms with E-state index in [2.05, 4.69) is 5.92 Å². The zero-order valence-electron chi connectivity index (χ0n) is 9.53. The lowest BCUT2D eigenvalue weighted by molar-refractivity contribution is 0.313. The smallest absolute Gasteiger partial charge is 0.181 e. The van der Waals surface area contributed by atoms with Gasteiger partial charge in [0.1, 0.15) is 19.0 Å². The van der Waals surface area contributed by atoms with E-state index in [1.165, 1.54) is 7.11 Å². The molecule has 1 rings (SSSR count). The molecule has 0 aromatic heterocycles. The molecule has 0 amide bonds.